The summed E-state index contributed by atoms with van der Waals surface area (Å²) >= 11 is 0. The first-order valence-corrected chi connectivity index (χ1v) is 6.38. The Hall–Kier alpha value is -0.770. The molecular weight excluding hydrogens is 200 g/mol. The van der Waals surface area contributed by atoms with Crippen molar-refractivity contribution in [2.45, 2.75) is 40.2 Å². The van der Waals surface area contributed by atoms with Crippen LogP contribution >= 0.6 is 0 Å². The summed E-state index contributed by atoms with van der Waals surface area (Å²) < 4.78 is 0. The van der Waals surface area contributed by atoms with Crippen LogP contribution < -0.4 is 10.6 Å². The molecule has 0 rings (SSSR count). The summed E-state index contributed by atoms with van der Waals surface area (Å²) in [6.07, 6.45) is 1.12. The van der Waals surface area contributed by atoms with Gasteiger partial charge in [0.15, 0.2) is 5.96 Å². The van der Waals surface area contributed by atoms with E-state index in [0.717, 1.165) is 38.6 Å². The predicted molar refractivity (Wildman–Crippen MR) is 72.0 cm³/mol. The van der Waals surface area contributed by atoms with E-state index in [1.54, 1.807) is 0 Å². The first-order chi connectivity index (χ1) is 7.69. The smallest absolute Gasteiger partial charge is 0.191 e. The third kappa shape index (κ3) is 5.95. The molecule has 0 heterocycles. The zero-order valence-electron chi connectivity index (χ0n) is 11.5. The van der Waals surface area contributed by atoms with Gasteiger partial charge >= 0.3 is 0 Å². The van der Waals surface area contributed by atoms with Gasteiger partial charge in [0.2, 0.25) is 0 Å². The number of hydrogen-bond acceptors (Lipinski definition) is 2. The molecule has 96 valence electrons. The maximum absolute atomic E-state index is 4.18. The number of likely N-dealkylation sites (N-methyl/N-ethyl adjacent to an activating group) is 1. The molecule has 4 nitrogen and oxygen atoms in total. The Balaban J connectivity index is 3.91. The average molecular weight is 228 g/mol. The van der Waals surface area contributed by atoms with E-state index < -0.39 is 0 Å². The van der Waals surface area contributed by atoms with Crippen molar-refractivity contribution in [2.75, 3.05) is 33.2 Å². The van der Waals surface area contributed by atoms with Crippen molar-refractivity contribution < 1.29 is 0 Å². The van der Waals surface area contributed by atoms with Gasteiger partial charge in [-0.25, -0.2) is 0 Å². The van der Waals surface area contributed by atoms with Crippen LogP contribution in [-0.2, 0) is 0 Å². The van der Waals surface area contributed by atoms with Crippen molar-refractivity contribution in [3.8, 4) is 0 Å². The molecule has 0 aromatic carbocycles. The molecular formula is C12H28N4. The predicted octanol–water partition coefficient (Wildman–Crippen LogP) is 1.29. The first-order valence-electron chi connectivity index (χ1n) is 6.38. The van der Waals surface area contributed by atoms with E-state index in [4.69, 9.17) is 0 Å². The lowest BCUT2D eigenvalue weighted by atomic mass is 10.3. The number of nitrogens with one attached hydrogen (secondary N) is 2. The zero-order chi connectivity index (χ0) is 12.4. The summed E-state index contributed by atoms with van der Waals surface area (Å²) in [5.41, 5.74) is 0. The summed E-state index contributed by atoms with van der Waals surface area (Å²) in [7, 11) is 1.81. The van der Waals surface area contributed by atoms with E-state index in [2.05, 4.69) is 48.2 Å². The van der Waals surface area contributed by atoms with E-state index >= 15 is 0 Å². The fraction of sp³-hybridized carbons (Fsp3) is 0.917. The molecule has 0 aliphatic rings. The van der Waals surface area contributed by atoms with Gasteiger partial charge in [-0.15, -0.1) is 0 Å². The minimum atomic E-state index is 0.537. The molecule has 0 aliphatic heterocycles. The van der Waals surface area contributed by atoms with Gasteiger partial charge in [0, 0.05) is 26.2 Å². The number of aliphatic imine (C=N–C) groups is 1. The molecule has 1 atom stereocenters. The third-order valence-corrected chi connectivity index (χ3v) is 2.77. The van der Waals surface area contributed by atoms with Crippen LogP contribution in [0.15, 0.2) is 4.99 Å². The highest BCUT2D eigenvalue weighted by atomic mass is 15.2. The third-order valence-electron chi connectivity index (χ3n) is 2.77. The molecule has 1 unspecified atom stereocenters. The Morgan fingerprint density at radius 1 is 1.19 bits per heavy atom. The van der Waals surface area contributed by atoms with Crippen LogP contribution in [0, 0.1) is 0 Å². The van der Waals surface area contributed by atoms with Gasteiger partial charge in [0.1, 0.15) is 0 Å². The fourth-order valence-electron chi connectivity index (χ4n) is 1.68. The molecule has 0 fully saturated rings. The molecule has 2 N–H and O–H groups in total. The minimum absolute atomic E-state index is 0.537. The SMILES string of the molecule is CCCNC(=NC)NCC(C)N(CC)CC. The summed E-state index contributed by atoms with van der Waals surface area (Å²) in [5.74, 6) is 0.904. The highest BCUT2D eigenvalue weighted by molar-refractivity contribution is 5.79. The Morgan fingerprint density at radius 3 is 2.25 bits per heavy atom. The Labute approximate surface area is 101 Å². The largest absolute Gasteiger partial charge is 0.356 e. The molecule has 0 saturated heterocycles. The van der Waals surface area contributed by atoms with Crippen LogP contribution in [0.2, 0.25) is 0 Å². The Kier molecular flexibility index (Phi) is 9.00. The minimum Gasteiger partial charge on any atom is -0.356 e. The Morgan fingerprint density at radius 2 is 1.81 bits per heavy atom. The Bertz CT molecular complexity index is 187. The number of hydrogen-bond donors (Lipinski definition) is 2. The van der Waals surface area contributed by atoms with Crippen LogP contribution in [-0.4, -0.2) is 50.1 Å². The van der Waals surface area contributed by atoms with E-state index in [1.807, 2.05) is 7.05 Å². The van der Waals surface area contributed by atoms with Gasteiger partial charge < -0.3 is 10.6 Å². The van der Waals surface area contributed by atoms with Gasteiger partial charge in [0.25, 0.3) is 0 Å². The summed E-state index contributed by atoms with van der Waals surface area (Å²) in [5, 5.41) is 6.62. The quantitative estimate of drug-likeness (QED) is 0.509. The van der Waals surface area contributed by atoms with Gasteiger partial charge in [0.05, 0.1) is 0 Å². The highest BCUT2D eigenvalue weighted by Crippen LogP contribution is 1.96. The van der Waals surface area contributed by atoms with E-state index in [9.17, 15) is 0 Å². The molecule has 0 radical (unpaired) electrons. The van der Waals surface area contributed by atoms with Crippen molar-refractivity contribution in [1.82, 2.24) is 15.5 Å². The van der Waals surface area contributed by atoms with Crippen molar-refractivity contribution in [2.24, 2.45) is 4.99 Å². The van der Waals surface area contributed by atoms with Crippen molar-refractivity contribution in [3.63, 3.8) is 0 Å². The summed E-state index contributed by atoms with van der Waals surface area (Å²) in [4.78, 5) is 6.62. The maximum atomic E-state index is 4.18. The van der Waals surface area contributed by atoms with Gasteiger partial charge in [-0.05, 0) is 26.4 Å². The van der Waals surface area contributed by atoms with Crippen LogP contribution in [0.4, 0.5) is 0 Å². The number of guanidine groups is 1. The molecule has 0 aliphatic carbocycles. The maximum Gasteiger partial charge on any atom is 0.191 e. The van der Waals surface area contributed by atoms with Crippen molar-refractivity contribution in [3.05, 3.63) is 0 Å². The van der Waals surface area contributed by atoms with E-state index in [0.29, 0.717) is 6.04 Å². The van der Waals surface area contributed by atoms with Crippen LogP contribution in [0.3, 0.4) is 0 Å². The topological polar surface area (TPSA) is 39.7 Å². The summed E-state index contributed by atoms with van der Waals surface area (Å²) in [6, 6.07) is 0.537. The van der Waals surface area contributed by atoms with Crippen molar-refractivity contribution in [1.29, 1.82) is 0 Å². The number of nitrogens with zero attached hydrogens (tertiary/aromatic N) is 2. The van der Waals surface area contributed by atoms with Crippen LogP contribution in [0.5, 0.6) is 0 Å². The van der Waals surface area contributed by atoms with Gasteiger partial charge in [-0.2, -0.15) is 0 Å². The lowest BCUT2D eigenvalue weighted by molar-refractivity contribution is 0.231. The van der Waals surface area contributed by atoms with Gasteiger partial charge in [-0.1, -0.05) is 20.8 Å². The van der Waals surface area contributed by atoms with Gasteiger partial charge in [-0.3, -0.25) is 9.89 Å². The average Bonchev–Trinajstić information content (AvgIpc) is 2.31. The highest BCUT2D eigenvalue weighted by Gasteiger charge is 2.09. The number of rotatable bonds is 7. The zero-order valence-corrected chi connectivity index (χ0v) is 11.5. The molecule has 0 aromatic heterocycles. The monoisotopic (exact) mass is 228 g/mol. The molecule has 16 heavy (non-hydrogen) atoms. The molecule has 0 saturated carbocycles. The second-order valence-electron chi connectivity index (χ2n) is 3.95. The lowest BCUT2D eigenvalue weighted by Gasteiger charge is -2.27. The second kappa shape index (κ2) is 9.46. The van der Waals surface area contributed by atoms with Crippen LogP contribution in [0.25, 0.3) is 0 Å². The fourth-order valence-corrected chi connectivity index (χ4v) is 1.68. The van der Waals surface area contributed by atoms with E-state index in [1.165, 1.54) is 0 Å². The normalized spacial score (nSPS) is 14.0. The molecule has 4 heteroatoms. The first kappa shape index (κ1) is 15.2. The summed E-state index contributed by atoms with van der Waals surface area (Å²) in [6.45, 7) is 12.9. The molecule has 0 aromatic rings. The van der Waals surface area contributed by atoms with E-state index in [-0.39, 0.29) is 0 Å². The lowest BCUT2D eigenvalue weighted by Crippen LogP contribution is -2.46. The van der Waals surface area contributed by atoms with Crippen LogP contribution in [0.1, 0.15) is 34.1 Å². The standard InChI is InChI=1S/C12H28N4/c1-6-9-14-12(13-5)15-10-11(4)16(7-2)8-3/h11H,6-10H2,1-5H3,(H2,13,14,15). The van der Waals surface area contributed by atoms with Crippen molar-refractivity contribution >= 4 is 5.96 Å². The molecule has 0 spiro atoms. The molecule has 0 amide bonds. The second-order valence-corrected chi connectivity index (χ2v) is 3.95. The molecule has 0 bridgehead atoms.